The Hall–Kier alpha value is -0.610. The van der Waals surface area contributed by atoms with E-state index in [4.69, 9.17) is 22.2 Å². The van der Waals surface area contributed by atoms with Crippen molar-refractivity contribution in [2.75, 3.05) is 6.61 Å². The molecule has 1 aliphatic heterocycles. The third kappa shape index (κ3) is 3.69. The zero-order chi connectivity index (χ0) is 12.8. The van der Waals surface area contributed by atoms with Gasteiger partial charge in [0.1, 0.15) is 0 Å². The topological polar surface area (TPSA) is 47.3 Å². The van der Waals surface area contributed by atoms with Gasteiger partial charge in [0.15, 0.2) is 0 Å². The molecule has 1 aliphatic rings. The first-order valence-corrected chi connectivity index (χ1v) is 7.01. The minimum Gasteiger partial charge on any atom is -0.378 e. The normalized spacial score (nSPS) is 21.8. The molecule has 0 saturated carbocycles. The van der Waals surface area contributed by atoms with Crippen LogP contribution in [0.5, 0.6) is 0 Å². The lowest BCUT2D eigenvalue weighted by molar-refractivity contribution is 0.00854. The maximum atomic E-state index is 6.19. The minimum atomic E-state index is 0.101. The molecule has 1 aromatic rings. The van der Waals surface area contributed by atoms with Crippen LogP contribution in [-0.4, -0.2) is 12.7 Å². The van der Waals surface area contributed by atoms with Crippen LogP contribution in [0.3, 0.4) is 0 Å². The van der Waals surface area contributed by atoms with Gasteiger partial charge in [0, 0.05) is 17.7 Å². The Morgan fingerprint density at radius 2 is 2.22 bits per heavy atom. The largest absolute Gasteiger partial charge is 0.378 e. The van der Waals surface area contributed by atoms with E-state index in [1.165, 1.54) is 19.3 Å². The van der Waals surface area contributed by atoms with Crippen molar-refractivity contribution in [3.63, 3.8) is 0 Å². The molecule has 100 valence electrons. The van der Waals surface area contributed by atoms with Crippen molar-refractivity contribution in [2.45, 2.75) is 44.2 Å². The molecule has 2 atom stereocenters. The van der Waals surface area contributed by atoms with Gasteiger partial charge in [0.05, 0.1) is 6.10 Å². The molecule has 1 heterocycles. The number of halogens is 1. The molecule has 2 unspecified atom stereocenters. The maximum Gasteiger partial charge on any atom is 0.0575 e. The Kier molecular flexibility index (Phi) is 5.45. The average Bonchev–Trinajstić information content (AvgIpc) is 2.42. The molecule has 0 aliphatic carbocycles. The lowest BCUT2D eigenvalue weighted by atomic mass is 9.97. The molecule has 1 saturated heterocycles. The highest BCUT2D eigenvalue weighted by Crippen LogP contribution is 2.27. The van der Waals surface area contributed by atoms with Gasteiger partial charge in [-0.2, -0.15) is 0 Å². The number of hydrazine groups is 1. The van der Waals surface area contributed by atoms with Crippen LogP contribution in [0.4, 0.5) is 0 Å². The van der Waals surface area contributed by atoms with E-state index in [2.05, 4.69) is 5.43 Å². The summed E-state index contributed by atoms with van der Waals surface area (Å²) in [7, 11) is 0. The zero-order valence-electron chi connectivity index (χ0n) is 10.6. The van der Waals surface area contributed by atoms with Gasteiger partial charge in [0.25, 0.3) is 0 Å². The fourth-order valence-electron chi connectivity index (χ4n) is 2.47. The van der Waals surface area contributed by atoms with Crippen molar-refractivity contribution in [3.05, 3.63) is 34.9 Å². The monoisotopic (exact) mass is 268 g/mol. The van der Waals surface area contributed by atoms with Gasteiger partial charge < -0.3 is 4.74 Å². The Morgan fingerprint density at radius 1 is 1.39 bits per heavy atom. The second-order valence-corrected chi connectivity index (χ2v) is 5.21. The summed E-state index contributed by atoms with van der Waals surface area (Å²) in [5.41, 5.74) is 3.93. The van der Waals surface area contributed by atoms with Crippen molar-refractivity contribution in [1.29, 1.82) is 0 Å². The van der Waals surface area contributed by atoms with Gasteiger partial charge >= 0.3 is 0 Å². The van der Waals surface area contributed by atoms with E-state index >= 15 is 0 Å². The van der Waals surface area contributed by atoms with Crippen LogP contribution in [0.25, 0.3) is 0 Å². The molecule has 0 bridgehead atoms. The predicted molar refractivity (Wildman–Crippen MR) is 74.3 cm³/mol. The number of rotatable bonds is 5. The first kappa shape index (κ1) is 13.8. The zero-order valence-corrected chi connectivity index (χ0v) is 11.3. The fourth-order valence-corrected chi connectivity index (χ4v) is 2.74. The van der Waals surface area contributed by atoms with Crippen molar-refractivity contribution in [1.82, 2.24) is 5.43 Å². The minimum absolute atomic E-state index is 0.101. The average molecular weight is 269 g/mol. The quantitative estimate of drug-likeness (QED) is 0.637. The highest BCUT2D eigenvalue weighted by Gasteiger charge is 2.18. The summed E-state index contributed by atoms with van der Waals surface area (Å²) in [4.78, 5) is 0. The predicted octanol–water partition coefficient (Wildman–Crippen LogP) is 3.19. The molecular weight excluding hydrogens is 248 g/mol. The molecule has 0 radical (unpaired) electrons. The number of benzene rings is 1. The van der Waals surface area contributed by atoms with Gasteiger partial charge in [-0.25, -0.2) is 0 Å². The van der Waals surface area contributed by atoms with Gasteiger partial charge in [-0.15, -0.1) is 0 Å². The van der Waals surface area contributed by atoms with E-state index in [9.17, 15) is 0 Å². The van der Waals surface area contributed by atoms with E-state index in [0.717, 1.165) is 30.0 Å². The molecule has 0 amide bonds. The number of hydrogen-bond donors (Lipinski definition) is 2. The summed E-state index contributed by atoms with van der Waals surface area (Å²) in [6.07, 6.45) is 6.00. The van der Waals surface area contributed by atoms with Crippen molar-refractivity contribution < 1.29 is 4.74 Å². The summed E-state index contributed by atoms with van der Waals surface area (Å²) in [6.45, 7) is 0.900. The second kappa shape index (κ2) is 7.10. The van der Waals surface area contributed by atoms with E-state index in [0.29, 0.717) is 6.10 Å². The molecule has 0 spiro atoms. The van der Waals surface area contributed by atoms with E-state index in [1.807, 2.05) is 24.3 Å². The van der Waals surface area contributed by atoms with Gasteiger partial charge in [-0.1, -0.05) is 29.8 Å². The van der Waals surface area contributed by atoms with Crippen molar-refractivity contribution in [2.24, 2.45) is 5.84 Å². The van der Waals surface area contributed by atoms with Crippen LogP contribution in [-0.2, 0) is 4.74 Å². The highest BCUT2D eigenvalue weighted by molar-refractivity contribution is 6.31. The molecule has 4 heteroatoms. The van der Waals surface area contributed by atoms with Crippen LogP contribution in [0.15, 0.2) is 24.3 Å². The highest BCUT2D eigenvalue weighted by atomic mass is 35.5. The van der Waals surface area contributed by atoms with Crippen LogP contribution in [0.1, 0.15) is 43.7 Å². The Bertz CT molecular complexity index is 367. The van der Waals surface area contributed by atoms with Crippen molar-refractivity contribution >= 4 is 11.6 Å². The van der Waals surface area contributed by atoms with Crippen LogP contribution >= 0.6 is 11.6 Å². The Balaban J connectivity index is 1.91. The van der Waals surface area contributed by atoms with E-state index < -0.39 is 0 Å². The number of nitrogens with one attached hydrogen (secondary N) is 1. The van der Waals surface area contributed by atoms with Crippen LogP contribution in [0.2, 0.25) is 5.02 Å². The lowest BCUT2D eigenvalue weighted by Gasteiger charge is -2.25. The molecular formula is C14H21ClN2O. The Labute approximate surface area is 114 Å². The van der Waals surface area contributed by atoms with Gasteiger partial charge in [-0.05, 0) is 43.7 Å². The first-order valence-electron chi connectivity index (χ1n) is 6.63. The summed E-state index contributed by atoms with van der Waals surface area (Å²) in [5, 5.41) is 0.769. The fraction of sp³-hybridized carbons (Fsp3) is 0.571. The summed E-state index contributed by atoms with van der Waals surface area (Å²) < 4.78 is 5.74. The smallest absolute Gasteiger partial charge is 0.0575 e. The van der Waals surface area contributed by atoms with E-state index in [1.54, 1.807) is 0 Å². The third-order valence-electron chi connectivity index (χ3n) is 3.53. The molecule has 2 rings (SSSR count). The first-order chi connectivity index (χ1) is 8.81. The summed E-state index contributed by atoms with van der Waals surface area (Å²) in [6, 6.07) is 7.95. The number of hydrogen-bond acceptors (Lipinski definition) is 3. The molecule has 1 aromatic carbocycles. The van der Waals surface area contributed by atoms with Crippen LogP contribution in [0, 0.1) is 0 Å². The molecule has 1 fully saturated rings. The number of ether oxygens (including phenoxy) is 1. The van der Waals surface area contributed by atoms with E-state index in [-0.39, 0.29) is 6.04 Å². The third-order valence-corrected chi connectivity index (χ3v) is 3.88. The molecule has 3 nitrogen and oxygen atoms in total. The molecule has 18 heavy (non-hydrogen) atoms. The second-order valence-electron chi connectivity index (χ2n) is 4.81. The maximum absolute atomic E-state index is 6.19. The lowest BCUT2D eigenvalue weighted by Crippen LogP contribution is -2.30. The van der Waals surface area contributed by atoms with Crippen LogP contribution < -0.4 is 11.3 Å². The van der Waals surface area contributed by atoms with Crippen molar-refractivity contribution in [3.8, 4) is 0 Å². The molecule has 3 N–H and O–H groups in total. The standard InChI is InChI=1S/C14H21ClN2O/c15-13-7-2-1-6-12(13)14(17-16)9-8-11-5-3-4-10-18-11/h1-2,6-7,11,14,17H,3-5,8-10,16H2. The Morgan fingerprint density at radius 3 is 2.89 bits per heavy atom. The summed E-state index contributed by atoms with van der Waals surface area (Å²) in [5.74, 6) is 5.64. The van der Waals surface area contributed by atoms with Gasteiger partial charge in [-0.3, -0.25) is 11.3 Å². The molecule has 0 aromatic heterocycles. The SMILES string of the molecule is NNC(CCC1CCCCO1)c1ccccc1Cl. The van der Waals surface area contributed by atoms with Gasteiger partial charge in [0.2, 0.25) is 0 Å². The summed E-state index contributed by atoms with van der Waals surface area (Å²) >= 11 is 6.19. The number of nitrogens with two attached hydrogens (primary N) is 1.